The normalized spacial score (nSPS) is 15.5. The predicted octanol–water partition coefficient (Wildman–Crippen LogP) is 2.47. The maximum absolute atomic E-state index is 12.1. The van der Waals surface area contributed by atoms with Crippen molar-refractivity contribution in [1.29, 1.82) is 0 Å². The Bertz CT molecular complexity index is 506. The molecule has 0 bridgehead atoms. The molecular formula is C13H19NO2S. The first-order valence-corrected chi connectivity index (χ1v) is 7.74. The summed E-state index contributed by atoms with van der Waals surface area (Å²) in [6.45, 7) is 4.83. The van der Waals surface area contributed by atoms with Crippen molar-refractivity contribution in [3.05, 3.63) is 23.8 Å². The van der Waals surface area contributed by atoms with Crippen LogP contribution in [0.5, 0.6) is 0 Å². The van der Waals surface area contributed by atoms with Gasteiger partial charge in [0.25, 0.3) is 0 Å². The minimum atomic E-state index is -3.12. The van der Waals surface area contributed by atoms with Gasteiger partial charge in [0, 0.05) is 12.2 Å². The van der Waals surface area contributed by atoms with E-state index < -0.39 is 9.84 Å². The standard InChI is InChI=1S/C13H19NO2S/c1-10(2)9-17(15,16)12-5-6-13-11(8-12)4-3-7-14-13/h5-6,8,10,14H,3-4,7,9H2,1-2H3. The number of anilines is 1. The second kappa shape index (κ2) is 4.69. The zero-order chi connectivity index (χ0) is 12.5. The lowest BCUT2D eigenvalue weighted by molar-refractivity contribution is 0.582. The molecule has 1 aliphatic rings. The van der Waals surface area contributed by atoms with E-state index in [1.807, 2.05) is 26.0 Å². The zero-order valence-corrected chi connectivity index (χ0v) is 11.2. The van der Waals surface area contributed by atoms with Gasteiger partial charge in [-0.3, -0.25) is 0 Å². The van der Waals surface area contributed by atoms with Gasteiger partial charge in [0.05, 0.1) is 10.6 Å². The second-order valence-corrected chi connectivity index (χ2v) is 7.06. The molecule has 17 heavy (non-hydrogen) atoms. The Hall–Kier alpha value is -1.03. The molecule has 0 unspecified atom stereocenters. The van der Waals surface area contributed by atoms with Crippen LogP contribution in [0.2, 0.25) is 0 Å². The third-order valence-electron chi connectivity index (χ3n) is 2.93. The van der Waals surface area contributed by atoms with E-state index in [1.54, 1.807) is 6.07 Å². The smallest absolute Gasteiger partial charge is 0.178 e. The van der Waals surface area contributed by atoms with E-state index in [-0.39, 0.29) is 11.7 Å². The van der Waals surface area contributed by atoms with Crippen LogP contribution in [0.1, 0.15) is 25.8 Å². The molecule has 0 saturated carbocycles. The quantitative estimate of drug-likeness (QED) is 0.900. The fraction of sp³-hybridized carbons (Fsp3) is 0.538. The number of hydrogen-bond donors (Lipinski definition) is 1. The molecule has 4 heteroatoms. The van der Waals surface area contributed by atoms with E-state index in [0.717, 1.165) is 30.6 Å². The van der Waals surface area contributed by atoms with E-state index in [4.69, 9.17) is 0 Å². The highest BCUT2D eigenvalue weighted by Crippen LogP contribution is 2.25. The Kier molecular flexibility index (Phi) is 3.43. The first kappa shape index (κ1) is 12.4. The van der Waals surface area contributed by atoms with Crippen molar-refractivity contribution in [1.82, 2.24) is 0 Å². The van der Waals surface area contributed by atoms with Crippen molar-refractivity contribution < 1.29 is 8.42 Å². The largest absolute Gasteiger partial charge is 0.385 e. The van der Waals surface area contributed by atoms with Crippen LogP contribution in [-0.4, -0.2) is 20.7 Å². The molecule has 0 atom stereocenters. The summed E-state index contributed by atoms with van der Waals surface area (Å²) in [5.74, 6) is 0.383. The average Bonchev–Trinajstić information content (AvgIpc) is 2.26. The van der Waals surface area contributed by atoms with Crippen LogP contribution >= 0.6 is 0 Å². The van der Waals surface area contributed by atoms with Crippen LogP contribution in [-0.2, 0) is 16.3 Å². The van der Waals surface area contributed by atoms with Gasteiger partial charge in [-0.25, -0.2) is 8.42 Å². The highest BCUT2D eigenvalue weighted by molar-refractivity contribution is 7.91. The summed E-state index contributed by atoms with van der Waals surface area (Å²) in [5.41, 5.74) is 2.21. The van der Waals surface area contributed by atoms with E-state index in [1.165, 1.54) is 0 Å². The molecule has 94 valence electrons. The Balaban J connectivity index is 2.34. The highest BCUT2D eigenvalue weighted by atomic mass is 32.2. The van der Waals surface area contributed by atoms with Gasteiger partial charge in [-0.15, -0.1) is 0 Å². The molecule has 1 heterocycles. The number of hydrogen-bond acceptors (Lipinski definition) is 3. The number of fused-ring (bicyclic) bond motifs is 1. The SMILES string of the molecule is CC(C)CS(=O)(=O)c1ccc2c(c1)CCCN2. The highest BCUT2D eigenvalue weighted by Gasteiger charge is 2.18. The first-order chi connectivity index (χ1) is 7.99. The molecule has 1 N–H and O–H groups in total. The van der Waals surface area contributed by atoms with Gasteiger partial charge < -0.3 is 5.32 Å². The molecule has 0 aromatic heterocycles. The predicted molar refractivity (Wildman–Crippen MR) is 70.1 cm³/mol. The van der Waals surface area contributed by atoms with Crippen LogP contribution in [0.4, 0.5) is 5.69 Å². The van der Waals surface area contributed by atoms with Gasteiger partial charge in [0.15, 0.2) is 9.84 Å². The summed E-state index contributed by atoms with van der Waals surface area (Å²) in [6, 6.07) is 5.44. The summed E-state index contributed by atoms with van der Waals surface area (Å²) in [4.78, 5) is 0.466. The van der Waals surface area contributed by atoms with Gasteiger partial charge in [-0.2, -0.15) is 0 Å². The maximum atomic E-state index is 12.1. The van der Waals surface area contributed by atoms with Gasteiger partial charge in [0.2, 0.25) is 0 Å². The molecule has 1 aliphatic heterocycles. The van der Waals surface area contributed by atoms with Crippen LogP contribution in [0.3, 0.4) is 0 Å². The van der Waals surface area contributed by atoms with Crippen molar-refractivity contribution in [2.45, 2.75) is 31.6 Å². The van der Waals surface area contributed by atoms with Crippen molar-refractivity contribution in [3.8, 4) is 0 Å². The van der Waals surface area contributed by atoms with Crippen LogP contribution < -0.4 is 5.32 Å². The summed E-state index contributed by atoms with van der Waals surface area (Å²) in [7, 11) is -3.12. The van der Waals surface area contributed by atoms with Crippen molar-refractivity contribution in [2.75, 3.05) is 17.6 Å². The average molecular weight is 253 g/mol. The minimum Gasteiger partial charge on any atom is -0.385 e. The molecule has 0 radical (unpaired) electrons. The van der Waals surface area contributed by atoms with Crippen molar-refractivity contribution >= 4 is 15.5 Å². The third-order valence-corrected chi connectivity index (χ3v) is 5.00. The third kappa shape index (κ3) is 2.80. The van der Waals surface area contributed by atoms with Gasteiger partial charge in [-0.05, 0) is 42.5 Å². The Labute approximate surface area is 103 Å². The molecule has 0 fully saturated rings. The van der Waals surface area contributed by atoms with Crippen LogP contribution in [0.25, 0.3) is 0 Å². The Morgan fingerprint density at radius 3 is 2.82 bits per heavy atom. The topological polar surface area (TPSA) is 46.2 Å². The minimum absolute atomic E-state index is 0.161. The molecule has 3 nitrogen and oxygen atoms in total. The lowest BCUT2D eigenvalue weighted by atomic mass is 10.0. The lowest BCUT2D eigenvalue weighted by Crippen LogP contribution is -2.15. The number of sulfone groups is 1. The lowest BCUT2D eigenvalue weighted by Gasteiger charge is -2.18. The zero-order valence-electron chi connectivity index (χ0n) is 10.4. The number of rotatable bonds is 3. The van der Waals surface area contributed by atoms with Gasteiger partial charge >= 0.3 is 0 Å². The van der Waals surface area contributed by atoms with Crippen LogP contribution in [0, 0.1) is 5.92 Å². The molecule has 0 saturated heterocycles. The summed E-state index contributed by atoms with van der Waals surface area (Å²) in [6.07, 6.45) is 2.04. The van der Waals surface area contributed by atoms with Crippen molar-refractivity contribution in [3.63, 3.8) is 0 Å². The Morgan fingerprint density at radius 1 is 1.35 bits per heavy atom. The Morgan fingerprint density at radius 2 is 2.12 bits per heavy atom. The van der Waals surface area contributed by atoms with Crippen LogP contribution in [0.15, 0.2) is 23.1 Å². The fourth-order valence-corrected chi connectivity index (χ4v) is 3.85. The summed E-state index contributed by atoms with van der Waals surface area (Å²) >= 11 is 0. The summed E-state index contributed by atoms with van der Waals surface area (Å²) in [5, 5.41) is 3.29. The molecule has 2 rings (SSSR count). The van der Waals surface area contributed by atoms with Gasteiger partial charge in [0.1, 0.15) is 0 Å². The number of aryl methyl sites for hydroxylation is 1. The van der Waals surface area contributed by atoms with Crippen molar-refractivity contribution in [2.24, 2.45) is 5.92 Å². The molecular weight excluding hydrogens is 234 g/mol. The van der Waals surface area contributed by atoms with Gasteiger partial charge in [-0.1, -0.05) is 13.8 Å². The molecule has 0 spiro atoms. The first-order valence-electron chi connectivity index (χ1n) is 6.08. The van der Waals surface area contributed by atoms with E-state index >= 15 is 0 Å². The number of nitrogens with one attached hydrogen (secondary N) is 1. The van der Waals surface area contributed by atoms with E-state index in [0.29, 0.717) is 4.90 Å². The second-order valence-electron chi connectivity index (χ2n) is 5.02. The molecule has 1 aromatic rings. The number of benzene rings is 1. The molecule has 1 aromatic carbocycles. The fourth-order valence-electron chi connectivity index (χ4n) is 2.18. The summed E-state index contributed by atoms with van der Waals surface area (Å²) < 4.78 is 24.2. The van der Waals surface area contributed by atoms with E-state index in [2.05, 4.69) is 5.32 Å². The van der Waals surface area contributed by atoms with E-state index in [9.17, 15) is 8.42 Å². The maximum Gasteiger partial charge on any atom is 0.178 e. The molecule has 0 aliphatic carbocycles. The molecule has 0 amide bonds. The monoisotopic (exact) mass is 253 g/mol.